The molecule has 0 aliphatic carbocycles. The molecule has 0 radical (unpaired) electrons. The average molecular weight is 243 g/mol. The molecule has 0 bridgehead atoms. The quantitative estimate of drug-likeness (QED) is 0.805. The van der Waals surface area contributed by atoms with E-state index in [2.05, 4.69) is 4.98 Å². The predicted molar refractivity (Wildman–Crippen MR) is 66.6 cm³/mol. The summed E-state index contributed by atoms with van der Waals surface area (Å²) in [5, 5.41) is 22.8. The van der Waals surface area contributed by atoms with E-state index >= 15 is 0 Å². The Bertz CT molecular complexity index is 310. The van der Waals surface area contributed by atoms with Crippen LogP contribution in [-0.2, 0) is 6.42 Å². The van der Waals surface area contributed by atoms with E-state index in [1.54, 1.807) is 0 Å². The van der Waals surface area contributed by atoms with E-state index in [0.717, 1.165) is 23.5 Å². The average Bonchev–Trinajstić information content (AvgIpc) is 2.65. The van der Waals surface area contributed by atoms with Crippen molar-refractivity contribution < 1.29 is 10.2 Å². The lowest BCUT2D eigenvalue weighted by molar-refractivity contribution is -0.0188. The number of hydrogen-bond donors (Lipinski definition) is 2. The molecule has 1 aromatic heterocycles. The third kappa shape index (κ3) is 3.54. The van der Waals surface area contributed by atoms with E-state index in [1.165, 1.54) is 11.3 Å². The van der Waals surface area contributed by atoms with Gasteiger partial charge in [-0.05, 0) is 12.8 Å². The molecule has 0 aliphatic rings. The highest BCUT2D eigenvalue weighted by Crippen LogP contribution is 2.19. The number of aromatic nitrogens is 1. The third-order valence-electron chi connectivity index (χ3n) is 2.98. The molecule has 0 saturated carbocycles. The van der Waals surface area contributed by atoms with Gasteiger partial charge in [0.1, 0.15) is 0 Å². The van der Waals surface area contributed by atoms with Gasteiger partial charge < -0.3 is 10.2 Å². The monoisotopic (exact) mass is 243 g/mol. The summed E-state index contributed by atoms with van der Waals surface area (Å²) in [6.45, 7) is 6.01. The van der Waals surface area contributed by atoms with Gasteiger partial charge in [0, 0.05) is 17.5 Å². The van der Waals surface area contributed by atoms with Gasteiger partial charge >= 0.3 is 0 Å². The van der Waals surface area contributed by atoms with Crippen LogP contribution in [0, 0.1) is 12.8 Å². The highest BCUT2D eigenvalue weighted by atomic mass is 32.1. The molecule has 0 fully saturated rings. The molecule has 1 heterocycles. The van der Waals surface area contributed by atoms with Crippen molar-refractivity contribution >= 4 is 11.3 Å². The van der Waals surface area contributed by atoms with Gasteiger partial charge in [0.15, 0.2) is 0 Å². The summed E-state index contributed by atoms with van der Waals surface area (Å²) in [5.41, 5.74) is 0.976. The summed E-state index contributed by atoms with van der Waals surface area (Å²) in [5.74, 6) is 0.177. The van der Waals surface area contributed by atoms with E-state index in [-0.39, 0.29) is 5.92 Å². The minimum Gasteiger partial charge on any atom is -0.390 e. The van der Waals surface area contributed by atoms with Gasteiger partial charge in [0.2, 0.25) is 0 Å². The Morgan fingerprint density at radius 2 is 1.94 bits per heavy atom. The van der Waals surface area contributed by atoms with Crippen LogP contribution in [0.5, 0.6) is 0 Å². The SMILES string of the molecule is CCC(CC)C(O)C(O)Cc1nc(C)cs1. The summed E-state index contributed by atoms with van der Waals surface area (Å²) >= 11 is 1.54. The number of hydrogen-bond acceptors (Lipinski definition) is 4. The van der Waals surface area contributed by atoms with E-state index in [0.29, 0.717) is 6.42 Å². The molecule has 0 saturated heterocycles. The molecule has 2 N–H and O–H groups in total. The summed E-state index contributed by atoms with van der Waals surface area (Å²) < 4.78 is 0. The van der Waals surface area contributed by atoms with E-state index < -0.39 is 12.2 Å². The second kappa shape index (κ2) is 6.33. The number of thiazole rings is 1. The van der Waals surface area contributed by atoms with E-state index in [1.807, 2.05) is 26.2 Å². The van der Waals surface area contributed by atoms with Crippen molar-refractivity contribution in [2.45, 2.75) is 52.2 Å². The van der Waals surface area contributed by atoms with Crippen LogP contribution >= 0.6 is 11.3 Å². The first kappa shape index (κ1) is 13.6. The summed E-state index contributed by atoms with van der Waals surface area (Å²) in [6.07, 6.45) is 0.905. The van der Waals surface area contributed by atoms with Crippen molar-refractivity contribution in [1.82, 2.24) is 4.98 Å². The first-order chi connectivity index (χ1) is 7.58. The molecular formula is C12H21NO2S. The maximum Gasteiger partial charge on any atom is 0.0954 e. The van der Waals surface area contributed by atoms with Crippen LogP contribution in [0.4, 0.5) is 0 Å². The Hall–Kier alpha value is -0.450. The fraction of sp³-hybridized carbons (Fsp3) is 0.750. The zero-order chi connectivity index (χ0) is 12.1. The molecule has 1 rings (SSSR count). The Kier molecular flexibility index (Phi) is 5.38. The number of aliphatic hydroxyl groups excluding tert-OH is 2. The van der Waals surface area contributed by atoms with E-state index in [4.69, 9.17) is 0 Å². The molecule has 0 aliphatic heterocycles. The van der Waals surface area contributed by atoms with Crippen molar-refractivity contribution in [2.24, 2.45) is 5.92 Å². The molecule has 0 spiro atoms. The lowest BCUT2D eigenvalue weighted by Gasteiger charge is -2.24. The zero-order valence-electron chi connectivity index (χ0n) is 10.2. The number of rotatable bonds is 6. The van der Waals surface area contributed by atoms with Crippen LogP contribution in [-0.4, -0.2) is 27.4 Å². The summed E-state index contributed by atoms with van der Waals surface area (Å²) in [6, 6.07) is 0. The Morgan fingerprint density at radius 1 is 1.31 bits per heavy atom. The Morgan fingerprint density at radius 3 is 2.38 bits per heavy atom. The van der Waals surface area contributed by atoms with Crippen molar-refractivity contribution in [2.75, 3.05) is 0 Å². The highest BCUT2D eigenvalue weighted by molar-refractivity contribution is 7.09. The topological polar surface area (TPSA) is 53.4 Å². The number of nitrogens with zero attached hydrogens (tertiary/aromatic N) is 1. The maximum absolute atomic E-state index is 9.97. The lowest BCUT2D eigenvalue weighted by Crippen LogP contribution is -2.34. The van der Waals surface area contributed by atoms with Gasteiger partial charge in [0.05, 0.1) is 17.2 Å². The van der Waals surface area contributed by atoms with Gasteiger partial charge in [0.25, 0.3) is 0 Å². The fourth-order valence-corrected chi connectivity index (χ4v) is 2.70. The van der Waals surface area contributed by atoms with Crippen molar-refractivity contribution in [1.29, 1.82) is 0 Å². The second-order valence-electron chi connectivity index (χ2n) is 4.22. The molecule has 0 aromatic carbocycles. The summed E-state index contributed by atoms with van der Waals surface area (Å²) in [4.78, 5) is 4.29. The third-order valence-corrected chi connectivity index (χ3v) is 3.97. The van der Waals surface area contributed by atoms with Crippen molar-refractivity contribution in [3.8, 4) is 0 Å². The molecule has 3 nitrogen and oxygen atoms in total. The van der Waals surface area contributed by atoms with Gasteiger partial charge in [-0.25, -0.2) is 4.98 Å². The smallest absolute Gasteiger partial charge is 0.0954 e. The molecule has 92 valence electrons. The maximum atomic E-state index is 9.97. The van der Waals surface area contributed by atoms with Crippen LogP contribution < -0.4 is 0 Å². The van der Waals surface area contributed by atoms with Gasteiger partial charge in [-0.1, -0.05) is 26.7 Å². The highest BCUT2D eigenvalue weighted by Gasteiger charge is 2.24. The summed E-state index contributed by atoms with van der Waals surface area (Å²) in [7, 11) is 0. The normalized spacial score (nSPS) is 15.4. The Balaban J connectivity index is 2.54. The van der Waals surface area contributed by atoms with E-state index in [9.17, 15) is 10.2 Å². The molecule has 2 unspecified atom stereocenters. The molecular weight excluding hydrogens is 222 g/mol. The minimum absolute atomic E-state index is 0.177. The van der Waals surface area contributed by atoms with Crippen LogP contribution in [0.15, 0.2) is 5.38 Å². The van der Waals surface area contributed by atoms with Gasteiger partial charge in [-0.15, -0.1) is 11.3 Å². The van der Waals surface area contributed by atoms with Crippen molar-refractivity contribution in [3.05, 3.63) is 16.1 Å². The largest absolute Gasteiger partial charge is 0.390 e. The van der Waals surface area contributed by atoms with Crippen LogP contribution in [0.3, 0.4) is 0 Å². The molecule has 0 amide bonds. The van der Waals surface area contributed by atoms with Crippen LogP contribution in [0.1, 0.15) is 37.4 Å². The number of aliphatic hydroxyl groups is 2. The van der Waals surface area contributed by atoms with Crippen molar-refractivity contribution in [3.63, 3.8) is 0 Å². The number of aryl methyl sites for hydroxylation is 1. The minimum atomic E-state index is -0.699. The first-order valence-corrected chi connectivity index (χ1v) is 6.73. The van der Waals surface area contributed by atoms with Crippen LogP contribution in [0.25, 0.3) is 0 Å². The molecule has 16 heavy (non-hydrogen) atoms. The predicted octanol–water partition coefficient (Wildman–Crippen LogP) is 2.15. The molecule has 1 aromatic rings. The lowest BCUT2D eigenvalue weighted by atomic mass is 9.92. The molecule has 2 atom stereocenters. The van der Waals surface area contributed by atoms with Crippen LogP contribution in [0.2, 0.25) is 0 Å². The second-order valence-corrected chi connectivity index (χ2v) is 5.16. The zero-order valence-corrected chi connectivity index (χ0v) is 11.0. The van der Waals surface area contributed by atoms with Gasteiger partial charge in [-0.3, -0.25) is 0 Å². The first-order valence-electron chi connectivity index (χ1n) is 5.85. The van der Waals surface area contributed by atoms with Gasteiger partial charge in [-0.2, -0.15) is 0 Å². The molecule has 4 heteroatoms. The fourth-order valence-electron chi connectivity index (χ4n) is 1.88. The Labute approximate surface area is 101 Å². The standard InChI is InChI=1S/C12H21NO2S/c1-4-9(5-2)12(15)10(14)6-11-13-8(3)7-16-11/h7,9-10,12,14-15H,4-6H2,1-3H3.